The monoisotopic (exact) mass is 572 g/mol. The number of halogens is 3. The van der Waals surface area contributed by atoms with E-state index in [0.717, 1.165) is 0 Å². The number of amides is 1. The van der Waals surface area contributed by atoms with Crippen LogP contribution in [0.5, 0.6) is 0 Å². The van der Waals surface area contributed by atoms with Gasteiger partial charge in [-0.25, -0.2) is 14.4 Å². The highest BCUT2D eigenvalue weighted by atomic mass is 35.5. The van der Waals surface area contributed by atoms with E-state index in [1.165, 1.54) is 6.07 Å². The van der Waals surface area contributed by atoms with Gasteiger partial charge in [-0.3, -0.25) is 9.69 Å². The molecule has 2 atom stereocenters. The topological polar surface area (TPSA) is 73.8 Å². The van der Waals surface area contributed by atoms with Gasteiger partial charge in [-0.2, -0.15) is 0 Å². The minimum Gasteiger partial charge on any atom is -0.378 e. The van der Waals surface area contributed by atoms with Crippen molar-refractivity contribution >= 4 is 46.4 Å². The number of aromatic nitrogens is 2. The Hall–Kier alpha value is -2.98. The van der Waals surface area contributed by atoms with Gasteiger partial charge in [-0.1, -0.05) is 23.2 Å². The van der Waals surface area contributed by atoms with Crippen molar-refractivity contribution in [1.29, 1.82) is 0 Å². The Morgan fingerprint density at radius 3 is 2.21 bits per heavy atom. The van der Waals surface area contributed by atoms with Gasteiger partial charge in [-0.15, -0.1) is 0 Å². The molecule has 5 rings (SSSR count). The molecule has 2 aromatic carbocycles. The van der Waals surface area contributed by atoms with Gasteiger partial charge in [-0.05, 0) is 51.2 Å². The zero-order valence-corrected chi connectivity index (χ0v) is 23.6. The smallest absolute Gasteiger partial charge is 0.255 e. The van der Waals surface area contributed by atoms with Crippen LogP contribution in [0.3, 0.4) is 0 Å². The van der Waals surface area contributed by atoms with Crippen LogP contribution < -0.4 is 15.1 Å². The second kappa shape index (κ2) is 11.6. The highest BCUT2D eigenvalue weighted by Gasteiger charge is 2.29. The highest BCUT2D eigenvalue weighted by Crippen LogP contribution is 2.36. The minimum atomic E-state index is -0.421. The number of nitrogens with one attached hydrogen (secondary N) is 1. The van der Waals surface area contributed by atoms with E-state index in [1.807, 2.05) is 4.90 Å². The first-order valence-electron chi connectivity index (χ1n) is 12.9. The molecular formula is C28H31Cl2FN6O2. The summed E-state index contributed by atoms with van der Waals surface area (Å²) in [6.07, 6.45) is 3.22. The van der Waals surface area contributed by atoms with E-state index in [9.17, 15) is 4.79 Å². The van der Waals surface area contributed by atoms with Gasteiger partial charge in [0.2, 0.25) is 5.95 Å². The van der Waals surface area contributed by atoms with Crippen molar-refractivity contribution in [3.05, 3.63) is 64.2 Å². The molecule has 2 aliphatic rings. The number of anilines is 3. The van der Waals surface area contributed by atoms with Gasteiger partial charge >= 0.3 is 0 Å². The molecule has 206 valence electrons. The molecule has 39 heavy (non-hydrogen) atoms. The number of carbonyl (C=O) groups is 1. The quantitative estimate of drug-likeness (QED) is 0.450. The molecule has 0 spiro atoms. The molecule has 3 heterocycles. The summed E-state index contributed by atoms with van der Waals surface area (Å²) in [6.45, 7) is 8.27. The molecule has 0 radical (unpaired) electrons. The van der Waals surface area contributed by atoms with Gasteiger partial charge in [0.25, 0.3) is 5.91 Å². The second-order valence-electron chi connectivity index (χ2n) is 10.1. The third-order valence-electron chi connectivity index (χ3n) is 7.40. The molecule has 2 fully saturated rings. The normalized spacial score (nSPS) is 20.3. The zero-order chi connectivity index (χ0) is 27.7. The van der Waals surface area contributed by atoms with Crippen LogP contribution in [-0.4, -0.2) is 79.3 Å². The number of piperazine rings is 1. The Kier molecular flexibility index (Phi) is 8.23. The maximum atomic E-state index is 15.7. The molecule has 1 N–H and O–H groups in total. The fourth-order valence-electron chi connectivity index (χ4n) is 5.01. The number of likely N-dealkylation sites (N-methyl/N-ethyl adjacent to an activating group) is 1. The minimum absolute atomic E-state index is 0.243. The molecular weight excluding hydrogens is 542 g/mol. The summed E-state index contributed by atoms with van der Waals surface area (Å²) in [5, 5.41) is 3.69. The lowest BCUT2D eigenvalue weighted by molar-refractivity contribution is 0.102. The van der Waals surface area contributed by atoms with Gasteiger partial charge < -0.3 is 19.9 Å². The molecule has 8 nitrogen and oxygen atoms in total. The molecule has 0 saturated carbocycles. The van der Waals surface area contributed by atoms with Crippen LogP contribution in [0.25, 0.3) is 11.1 Å². The van der Waals surface area contributed by atoms with Gasteiger partial charge in [0.1, 0.15) is 5.82 Å². The maximum absolute atomic E-state index is 15.7. The average molecular weight is 574 g/mol. The number of rotatable bonds is 5. The molecule has 0 aliphatic carbocycles. The van der Waals surface area contributed by atoms with Crippen molar-refractivity contribution in [3.63, 3.8) is 0 Å². The summed E-state index contributed by atoms with van der Waals surface area (Å²) in [7, 11) is 2.09. The Morgan fingerprint density at radius 2 is 1.59 bits per heavy atom. The third kappa shape index (κ3) is 6.11. The Labute approximate surface area is 237 Å². The summed E-state index contributed by atoms with van der Waals surface area (Å²) >= 11 is 12.3. The molecule has 2 saturated heterocycles. The number of morpholine rings is 1. The molecule has 11 heteroatoms. The van der Waals surface area contributed by atoms with E-state index in [2.05, 4.69) is 46.0 Å². The molecule has 0 bridgehead atoms. The van der Waals surface area contributed by atoms with E-state index in [4.69, 9.17) is 27.9 Å². The molecule has 3 aromatic rings. The van der Waals surface area contributed by atoms with E-state index in [-0.39, 0.29) is 12.1 Å². The van der Waals surface area contributed by atoms with E-state index < -0.39 is 11.7 Å². The number of hydrogen-bond donors (Lipinski definition) is 1. The maximum Gasteiger partial charge on any atom is 0.255 e. The van der Waals surface area contributed by atoms with Crippen LogP contribution in [-0.2, 0) is 4.74 Å². The predicted octanol–water partition coefficient (Wildman–Crippen LogP) is 5.21. The lowest BCUT2D eigenvalue weighted by Crippen LogP contribution is -2.55. The van der Waals surface area contributed by atoms with Crippen LogP contribution in [0.2, 0.25) is 10.0 Å². The predicted molar refractivity (Wildman–Crippen MR) is 154 cm³/mol. The largest absolute Gasteiger partial charge is 0.378 e. The van der Waals surface area contributed by atoms with Crippen LogP contribution >= 0.6 is 23.2 Å². The highest BCUT2D eigenvalue weighted by molar-refractivity contribution is 6.35. The van der Waals surface area contributed by atoms with Gasteiger partial charge in [0.05, 0.1) is 24.6 Å². The summed E-state index contributed by atoms with van der Waals surface area (Å²) in [6, 6.07) is 8.28. The zero-order valence-electron chi connectivity index (χ0n) is 22.1. The fourth-order valence-corrected chi connectivity index (χ4v) is 5.54. The first kappa shape index (κ1) is 27.6. The first-order valence-corrected chi connectivity index (χ1v) is 13.7. The summed E-state index contributed by atoms with van der Waals surface area (Å²) in [4.78, 5) is 28.7. The first-order chi connectivity index (χ1) is 18.7. The standard InChI is InChI=1S/C28H31Cl2FN6O2/c1-17-15-37(16-18(2)35(17)3)26-12-24(31)23(20-13-32-28(33-14-20)36-4-6-39-7-5-36)11-25(26)34-27(38)19-8-21(29)10-22(30)9-19/h8-14,17-18H,4-7,15-16H2,1-3H3,(H,34,38). The molecule has 2 unspecified atom stereocenters. The number of hydrogen-bond acceptors (Lipinski definition) is 7. The van der Waals surface area contributed by atoms with Crippen LogP contribution in [0.4, 0.5) is 21.7 Å². The van der Waals surface area contributed by atoms with Crippen LogP contribution in [0, 0.1) is 5.82 Å². The average Bonchev–Trinajstić information content (AvgIpc) is 2.92. The van der Waals surface area contributed by atoms with Crippen molar-refractivity contribution in [2.24, 2.45) is 0 Å². The number of benzene rings is 2. The SMILES string of the molecule is CC1CN(c2cc(F)c(-c3cnc(N4CCOCC4)nc3)cc2NC(=O)c2cc(Cl)cc(Cl)c2)CC(C)N1C. The van der Waals surface area contributed by atoms with Gasteiger partial charge in [0, 0.05) is 77.4 Å². The van der Waals surface area contributed by atoms with Gasteiger partial charge in [0.15, 0.2) is 0 Å². The fraction of sp³-hybridized carbons (Fsp3) is 0.393. The Balaban J connectivity index is 1.51. The summed E-state index contributed by atoms with van der Waals surface area (Å²) in [5.41, 5.74) is 2.20. The number of carbonyl (C=O) groups excluding carboxylic acids is 1. The second-order valence-corrected chi connectivity index (χ2v) is 11.0. The van der Waals surface area contributed by atoms with Crippen molar-refractivity contribution in [2.45, 2.75) is 25.9 Å². The van der Waals surface area contributed by atoms with Crippen molar-refractivity contribution < 1.29 is 13.9 Å². The summed E-state index contributed by atoms with van der Waals surface area (Å²) in [5.74, 6) is -0.242. The molecule has 2 aliphatic heterocycles. The Morgan fingerprint density at radius 1 is 0.974 bits per heavy atom. The lowest BCUT2D eigenvalue weighted by Gasteiger charge is -2.44. The van der Waals surface area contributed by atoms with Crippen LogP contribution in [0.15, 0.2) is 42.7 Å². The summed E-state index contributed by atoms with van der Waals surface area (Å²) < 4.78 is 21.1. The van der Waals surface area contributed by atoms with E-state index in [1.54, 1.807) is 36.7 Å². The van der Waals surface area contributed by atoms with Crippen molar-refractivity contribution in [1.82, 2.24) is 14.9 Å². The van der Waals surface area contributed by atoms with E-state index >= 15 is 4.39 Å². The molecule has 1 amide bonds. The Bertz CT molecular complexity index is 1320. The molecule has 1 aromatic heterocycles. The van der Waals surface area contributed by atoms with Crippen molar-refractivity contribution in [2.75, 3.05) is 61.6 Å². The third-order valence-corrected chi connectivity index (χ3v) is 7.84. The van der Waals surface area contributed by atoms with Crippen LogP contribution in [0.1, 0.15) is 24.2 Å². The van der Waals surface area contributed by atoms with Crippen molar-refractivity contribution in [3.8, 4) is 11.1 Å². The number of ether oxygens (including phenoxy) is 1. The van der Waals surface area contributed by atoms with E-state index in [0.29, 0.717) is 83.5 Å². The lowest BCUT2D eigenvalue weighted by atomic mass is 10.0. The number of nitrogens with zero attached hydrogens (tertiary/aromatic N) is 5.